The number of hydrogen-bond acceptors (Lipinski definition) is 3. The normalized spacial score (nSPS) is 17.9. The van der Waals surface area contributed by atoms with Gasteiger partial charge in [-0.2, -0.15) is 5.10 Å². The maximum atomic E-state index is 6.18. The fourth-order valence-corrected chi connectivity index (χ4v) is 3.69. The summed E-state index contributed by atoms with van der Waals surface area (Å²) in [6, 6.07) is 4.26. The van der Waals surface area contributed by atoms with Crippen LogP contribution in [0, 0.1) is 6.92 Å². The van der Waals surface area contributed by atoms with Gasteiger partial charge in [-0.05, 0) is 49.3 Å². The topological polar surface area (TPSA) is 54.5 Å². The van der Waals surface area contributed by atoms with E-state index >= 15 is 0 Å². The van der Waals surface area contributed by atoms with Crippen LogP contribution in [0.5, 0.6) is 0 Å². The molecule has 1 unspecified atom stereocenters. The zero-order valence-electron chi connectivity index (χ0n) is 11.7. The zero-order valence-corrected chi connectivity index (χ0v) is 12.5. The summed E-state index contributed by atoms with van der Waals surface area (Å²) in [5.74, 6) is 0.463. The van der Waals surface area contributed by atoms with Gasteiger partial charge in [-0.1, -0.05) is 17.7 Å². The molecule has 0 fully saturated rings. The molecule has 5 heteroatoms. The number of hydrogen-bond donors (Lipinski definition) is 1. The van der Waals surface area contributed by atoms with Crippen LogP contribution in [-0.4, -0.2) is 20.2 Å². The monoisotopic (exact) mass is 298 g/mol. The van der Waals surface area contributed by atoms with Crippen molar-refractivity contribution in [3.8, 4) is 0 Å². The molecule has 2 aromatic heterocycles. The Labute approximate surface area is 127 Å². The van der Waals surface area contributed by atoms with Gasteiger partial charge in [0.05, 0.1) is 11.7 Å². The highest BCUT2D eigenvalue weighted by Crippen LogP contribution is 2.38. The Balaban J connectivity index is 1.81. The van der Waals surface area contributed by atoms with Gasteiger partial charge < -0.3 is 0 Å². The molecule has 4 rings (SSSR count). The molecule has 0 saturated heterocycles. The van der Waals surface area contributed by atoms with Gasteiger partial charge in [-0.3, -0.25) is 5.10 Å². The number of aromatic nitrogens is 4. The first-order valence-corrected chi connectivity index (χ1v) is 7.52. The smallest absolute Gasteiger partial charge is 0.135 e. The SMILES string of the molecule is Cc1ccc2[nH]ncc2c1C1CCc2c(Cl)ncnc2C1. The van der Waals surface area contributed by atoms with Crippen molar-refractivity contribution in [1.29, 1.82) is 0 Å². The summed E-state index contributed by atoms with van der Waals surface area (Å²) in [7, 11) is 0. The predicted octanol–water partition coefficient (Wildman–Crippen LogP) is 3.59. The molecule has 1 aliphatic carbocycles. The highest BCUT2D eigenvalue weighted by Gasteiger charge is 2.26. The summed E-state index contributed by atoms with van der Waals surface area (Å²) in [5.41, 5.74) is 6.01. The Morgan fingerprint density at radius 1 is 1.29 bits per heavy atom. The van der Waals surface area contributed by atoms with Crippen molar-refractivity contribution >= 4 is 22.5 Å². The minimum Gasteiger partial charge on any atom is -0.278 e. The van der Waals surface area contributed by atoms with Crippen molar-refractivity contribution in [3.05, 3.63) is 52.2 Å². The molecule has 0 aliphatic heterocycles. The van der Waals surface area contributed by atoms with E-state index in [2.05, 4.69) is 39.2 Å². The van der Waals surface area contributed by atoms with Crippen LogP contribution in [0.1, 0.15) is 34.7 Å². The molecule has 1 N–H and O–H groups in total. The zero-order chi connectivity index (χ0) is 14.4. The van der Waals surface area contributed by atoms with Gasteiger partial charge in [0.2, 0.25) is 0 Å². The van der Waals surface area contributed by atoms with Crippen molar-refractivity contribution in [2.45, 2.75) is 32.1 Å². The van der Waals surface area contributed by atoms with Crippen molar-refractivity contribution in [2.24, 2.45) is 0 Å². The van der Waals surface area contributed by atoms with Gasteiger partial charge in [0, 0.05) is 16.6 Å². The first-order valence-electron chi connectivity index (χ1n) is 7.15. The Morgan fingerprint density at radius 3 is 3.10 bits per heavy atom. The van der Waals surface area contributed by atoms with E-state index in [-0.39, 0.29) is 0 Å². The molecule has 0 spiro atoms. The number of H-pyrrole nitrogens is 1. The third-order valence-corrected chi connectivity index (χ3v) is 4.78. The van der Waals surface area contributed by atoms with Crippen LogP contribution >= 0.6 is 11.6 Å². The fourth-order valence-electron chi connectivity index (χ4n) is 3.44. The molecule has 0 bridgehead atoms. The molecular weight excluding hydrogens is 284 g/mol. The molecule has 0 radical (unpaired) electrons. The van der Waals surface area contributed by atoms with Crippen LogP contribution in [0.15, 0.2) is 24.7 Å². The van der Waals surface area contributed by atoms with Gasteiger partial charge in [0.15, 0.2) is 0 Å². The van der Waals surface area contributed by atoms with E-state index < -0.39 is 0 Å². The molecule has 1 atom stereocenters. The van der Waals surface area contributed by atoms with E-state index in [0.717, 1.165) is 36.0 Å². The first kappa shape index (κ1) is 12.8. The van der Waals surface area contributed by atoms with Crippen molar-refractivity contribution in [3.63, 3.8) is 0 Å². The number of nitrogens with zero attached hydrogens (tertiary/aromatic N) is 3. The Kier molecular flexibility index (Phi) is 2.93. The van der Waals surface area contributed by atoms with Crippen LogP contribution in [-0.2, 0) is 12.8 Å². The fraction of sp³-hybridized carbons (Fsp3) is 0.312. The summed E-state index contributed by atoms with van der Waals surface area (Å²) in [4.78, 5) is 8.52. The van der Waals surface area contributed by atoms with Gasteiger partial charge in [0.25, 0.3) is 0 Å². The molecule has 0 amide bonds. The Hall–Kier alpha value is -1.94. The minimum atomic E-state index is 0.463. The van der Waals surface area contributed by atoms with Crippen LogP contribution in [0.2, 0.25) is 5.15 Å². The molecular formula is C16H15ClN4. The molecule has 106 valence electrons. The highest BCUT2D eigenvalue weighted by molar-refractivity contribution is 6.30. The lowest BCUT2D eigenvalue weighted by molar-refractivity contribution is 0.571. The van der Waals surface area contributed by atoms with E-state index in [1.165, 1.54) is 16.5 Å². The summed E-state index contributed by atoms with van der Waals surface area (Å²) >= 11 is 6.18. The summed E-state index contributed by atoms with van der Waals surface area (Å²) in [6.07, 6.45) is 6.43. The van der Waals surface area contributed by atoms with E-state index in [4.69, 9.17) is 11.6 Å². The Bertz CT molecular complexity index is 824. The van der Waals surface area contributed by atoms with E-state index in [9.17, 15) is 0 Å². The third-order valence-electron chi connectivity index (χ3n) is 4.46. The van der Waals surface area contributed by atoms with Gasteiger partial charge in [-0.15, -0.1) is 0 Å². The lowest BCUT2D eigenvalue weighted by Crippen LogP contribution is -2.16. The van der Waals surface area contributed by atoms with Crippen LogP contribution in [0.25, 0.3) is 10.9 Å². The maximum absolute atomic E-state index is 6.18. The third kappa shape index (κ3) is 2.02. The van der Waals surface area contributed by atoms with E-state index in [0.29, 0.717) is 11.1 Å². The molecule has 3 aromatic rings. The standard InChI is InChI=1S/C16H15ClN4/c1-9-2-5-13-12(7-20-21-13)15(9)10-3-4-11-14(6-10)18-8-19-16(11)17/h2,5,7-8,10H,3-4,6H2,1H3,(H,20,21). The lowest BCUT2D eigenvalue weighted by Gasteiger charge is -2.26. The quantitative estimate of drug-likeness (QED) is 0.699. The van der Waals surface area contributed by atoms with Crippen molar-refractivity contribution in [2.75, 3.05) is 0 Å². The van der Waals surface area contributed by atoms with Crippen molar-refractivity contribution < 1.29 is 0 Å². The lowest BCUT2D eigenvalue weighted by atomic mass is 9.80. The van der Waals surface area contributed by atoms with Crippen LogP contribution in [0.4, 0.5) is 0 Å². The number of aryl methyl sites for hydroxylation is 1. The summed E-state index contributed by atoms with van der Waals surface area (Å²) < 4.78 is 0. The van der Waals surface area contributed by atoms with Crippen molar-refractivity contribution in [1.82, 2.24) is 20.2 Å². The van der Waals surface area contributed by atoms with Gasteiger partial charge >= 0.3 is 0 Å². The predicted molar refractivity (Wildman–Crippen MR) is 82.6 cm³/mol. The van der Waals surface area contributed by atoms with Gasteiger partial charge in [0.1, 0.15) is 11.5 Å². The summed E-state index contributed by atoms with van der Waals surface area (Å²) in [5, 5.41) is 9.08. The number of halogens is 1. The molecule has 2 heterocycles. The average Bonchev–Trinajstić information content (AvgIpc) is 2.95. The number of rotatable bonds is 1. The number of fused-ring (bicyclic) bond motifs is 2. The van der Waals surface area contributed by atoms with E-state index in [1.54, 1.807) is 6.33 Å². The molecule has 1 aromatic carbocycles. The second-order valence-electron chi connectivity index (χ2n) is 5.66. The van der Waals surface area contributed by atoms with Crippen LogP contribution < -0.4 is 0 Å². The molecule has 4 nitrogen and oxygen atoms in total. The second-order valence-corrected chi connectivity index (χ2v) is 6.01. The van der Waals surface area contributed by atoms with E-state index in [1.807, 2.05) is 6.20 Å². The summed E-state index contributed by atoms with van der Waals surface area (Å²) in [6.45, 7) is 2.17. The molecule has 21 heavy (non-hydrogen) atoms. The number of aromatic amines is 1. The first-order chi connectivity index (χ1) is 10.2. The minimum absolute atomic E-state index is 0.463. The maximum Gasteiger partial charge on any atom is 0.135 e. The number of benzene rings is 1. The van der Waals surface area contributed by atoms with Gasteiger partial charge in [-0.25, -0.2) is 9.97 Å². The molecule has 0 saturated carbocycles. The molecule has 1 aliphatic rings. The average molecular weight is 299 g/mol. The Morgan fingerprint density at radius 2 is 2.19 bits per heavy atom. The number of nitrogens with one attached hydrogen (secondary N) is 1. The largest absolute Gasteiger partial charge is 0.278 e. The van der Waals surface area contributed by atoms with Crippen LogP contribution in [0.3, 0.4) is 0 Å². The second kappa shape index (κ2) is 4.81. The highest BCUT2D eigenvalue weighted by atomic mass is 35.5.